The number of anilines is 1. The maximum Gasteiger partial charge on any atom is 0.150 e. The van der Waals surface area contributed by atoms with E-state index >= 15 is 0 Å². The average Bonchev–Trinajstić information content (AvgIpc) is 2.72. The van der Waals surface area contributed by atoms with E-state index in [0.717, 1.165) is 11.3 Å². The van der Waals surface area contributed by atoms with Crippen LogP contribution in [0.4, 0.5) is 5.69 Å². The number of aromatic nitrogens is 2. The average molecular weight is 265 g/mol. The molecule has 0 radical (unpaired) electrons. The van der Waals surface area contributed by atoms with Crippen molar-refractivity contribution in [3.8, 4) is 0 Å². The Kier molecular flexibility index (Phi) is 2.55. The summed E-state index contributed by atoms with van der Waals surface area (Å²) >= 11 is 0. The van der Waals surface area contributed by atoms with Crippen LogP contribution in [-0.2, 0) is 9.84 Å². The van der Waals surface area contributed by atoms with Gasteiger partial charge in [0, 0.05) is 17.8 Å². The van der Waals surface area contributed by atoms with Gasteiger partial charge in [0.15, 0.2) is 0 Å². The van der Waals surface area contributed by atoms with Crippen LogP contribution in [-0.4, -0.2) is 29.3 Å². The van der Waals surface area contributed by atoms with E-state index in [1.54, 1.807) is 6.20 Å². The van der Waals surface area contributed by atoms with Crippen molar-refractivity contribution in [2.24, 2.45) is 0 Å². The minimum atomic E-state index is -2.83. The lowest BCUT2D eigenvalue weighted by atomic mass is 10.0. The smallest absolute Gasteiger partial charge is 0.150 e. The Morgan fingerprint density at radius 2 is 2.00 bits per heavy atom. The van der Waals surface area contributed by atoms with Gasteiger partial charge in [0.25, 0.3) is 0 Å². The largest absolute Gasteiger partial charge is 0.398 e. The number of nitrogen functional groups attached to an aromatic ring is 1. The standard InChI is InChI=1S/C12H15N3O2S/c13-10-1-2-11-7-14-12(15(11)8-10)9-3-5-18(16,17)6-4-9/h1-2,7-9H,3-6,13H2. The Balaban J connectivity index is 1.98. The summed E-state index contributed by atoms with van der Waals surface area (Å²) in [6, 6.07) is 3.76. The molecule has 0 bridgehead atoms. The molecule has 18 heavy (non-hydrogen) atoms. The van der Waals surface area contributed by atoms with Gasteiger partial charge < -0.3 is 10.1 Å². The molecule has 3 rings (SSSR count). The molecule has 2 aromatic heterocycles. The monoisotopic (exact) mass is 265 g/mol. The molecule has 1 aliphatic rings. The van der Waals surface area contributed by atoms with Crippen molar-refractivity contribution in [1.82, 2.24) is 9.38 Å². The second kappa shape index (κ2) is 3.98. The highest BCUT2D eigenvalue weighted by Gasteiger charge is 2.27. The normalized spacial score (nSPS) is 20.2. The molecule has 0 aliphatic carbocycles. The first-order chi connectivity index (χ1) is 8.55. The van der Waals surface area contributed by atoms with E-state index in [4.69, 9.17) is 5.73 Å². The predicted octanol–water partition coefficient (Wildman–Crippen LogP) is 1.21. The Labute approximate surface area is 106 Å². The van der Waals surface area contributed by atoms with Crippen molar-refractivity contribution in [3.05, 3.63) is 30.4 Å². The van der Waals surface area contributed by atoms with Crippen LogP contribution in [0.15, 0.2) is 24.5 Å². The first-order valence-electron chi connectivity index (χ1n) is 5.98. The molecule has 2 N–H and O–H groups in total. The van der Waals surface area contributed by atoms with E-state index < -0.39 is 9.84 Å². The van der Waals surface area contributed by atoms with E-state index in [1.165, 1.54) is 0 Å². The van der Waals surface area contributed by atoms with Gasteiger partial charge in [-0.05, 0) is 25.0 Å². The maximum absolute atomic E-state index is 11.4. The molecule has 2 aromatic rings. The first kappa shape index (κ1) is 11.5. The predicted molar refractivity (Wildman–Crippen MR) is 70.2 cm³/mol. The van der Waals surface area contributed by atoms with Gasteiger partial charge in [-0.25, -0.2) is 13.4 Å². The Morgan fingerprint density at radius 3 is 2.72 bits per heavy atom. The quantitative estimate of drug-likeness (QED) is 0.840. The van der Waals surface area contributed by atoms with E-state index in [2.05, 4.69) is 4.98 Å². The molecule has 0 aromatic carbocycles. The third-order valence-corrected chi connectivity index (χ3v) is 5.21. The van der Waals surface area contributed by atoms with Crippen molar-refractivity contribution in [1.29, 1.82) is 0 Å². The number of imidazole rings is 1. The minimum Gasteiger partial charge on any atom is -0.398 e. The summed E-state index contributed by atoms with van der Waals surface area (Å²) < 4.78 is 24.8. The summed E-state index contributed by atoms with van der Waals surface area (Å²) in [6.45, 7) is 0. The molecule has 1 saturated heterocycles. The summed E-state index contributed by atoms with van der Waals surface area (Å²) in [7, 11) is -2.83. The van der Waals surface area contributed by atoms with E-state index in [9.17, 15) is 8.42 Å². The van der Waals surface area contributed by atoms with Crippen LogP contribution < -0.4 is 5.73 Å². The van der Waals surface area contributed by atoms with Crippen LogP contribution in [0.3, 0.4) is 0 Å². The fraction of sp³-hybridized carbons (Fsp3) is 0.417. The number of sulfone groups is 1. The van der Waals surface area contributed by atoms with Crippen molar-refractivity contribution in [2.75, 3.05) is 17.2 Å². The molecule has 6 heteroatoms. The lowest BCUT2D eigenvalue weighted by Crippen LogP contribution is -2.23. The molecule has 5 nitrogen and oxygen atoms in total. The number of nitrogens with zero attached hydrogens (tertiary/aromatic N) is 2. The van der Waals surface area contributed by atoms with Crippen molar-refractivity contribution in [3.63, 3.8) is 0 Å². The summed E-state index contributed by atoms with van der Waals surface area (Å²) in [4.78, 5) is 4.42. The number of rotatable bonds is 1. The molecular formula is C12H15N3O2S. The lowest BCUT2D eigenvalue weighted by molar-refractivity contribution is 0.536. The zero-order valence-electron chi connectivity index (χ0n) is 9.91. The van der Waals surface area contributed by atoms with Gasteiger partial charge in [0.2, 0.25) is 0 Å². The van der Waals surface area contributed by atoms with Crippen LogP contribution in [0, 0.1) is 0 Å². The van der Waals surface area contributed by atoms with Crippen LogP contribution in [0.5, 0.6) is 0 Å². The highest BCUT2D eigenvalue weighted by Crippen LogP contribution is 2.29. The third kappa shape index (κ3) is 1.96. The molecule has 1 fully saturated rings. The summed E-state index contributed by atoms with van der Waals surface area (Å²) in [6.07, 6.45) is 4.95. The highest BCUT2D eigenvalue weighted by atomic mass is 32.2. The Hall–Kier alpha value is -1.56. The zero-order chi connectivity index (χ0) is 12.8. The lowest BCUT2D eigenvalue weighted by Gasteiger charge is -2.20. The maximum atomic E-state index is 11.4. The highest BCUT2D eigenvalue weighted by molar-refractivity contribution is 7.91. The summed E-state index contributed by atoms with van der Waals surface area (Å²) in [5.41, 5.74) is 7.46. The molecule has 0 unspecified atom stereocenters. The van der Waals surface area contributed by atoms with Crippen LogP contribution >= 0.6 is 0 Å². The molecule has 0 atom stereocenters. The molecule has 0 saturated carbocycles. The number of fused-ring (bicyclic) bond motifs is 1. The number of hydrogen-bond donors (Lipinski definition) is 1. The van der Waals surface area contributed by atoms with Crippen LogP contribution in [0.25, 0.3) is 5.52 Å². The number of pyridine rings is 1. The molecular weight excluding hydrogens is 250 g/mol. The first-order valence-corrected chi connectivity index (χ1v) is 7.80. The van der Waals surface area contributed by atoms with Gasteiger partial charge in [0.1, 0.15) is 15.7 Å². The Bertz CT molecular complexity index is 676. The molecule has 0 spiro atoms. The van der Waals surface area contributed by atoms with E-state index in [1.807, 2.05) is 22.7 Å². The van der Waals surface area contributed by atoms with Gasteiger partial charge >= 0.3 is 0 Å². The van der Waals surface area contributed by atoms with Gasteiger partial charge in [-0.3, -0.25) is 0 Å². The third-order valence-electron chi connectivity index (χ3n) is 3.50. The zero-order valence-corrected chi connectivity index (χ0v) is 10.7. The van der Waals surface area contributed by atoms with Crippen molar-refractivity contribution >= 4 is 21.0 Å². The summed E-state index contributed by atoms with van der Waals surface area (Å²) in [5, 5.41) is 0. The molecule has 3 heterocycles. The SMILES string of the molecule is Nc1ccc2cnc(C3CCS(=O)(=O)CC3)n2c1. The fourth-order valence-corrected chi connectivity index (χ4v) is 3.97. The van der Waals surface area contributed by atoms with Crippen LogP contribution in [0.2, 0.25) is 0 Å². The van der Waals surface area contributed by atoms with Crippen LogP contribution in [0.1, 0.15) is 24.6 Å². The summed E-state index contributed by atoms with van der Waals surface area (Å²) in [5.74, 6) is 1.65. The van der Waals surface area contributed by atoms with Crippen molar-refractivity contribution in [2.45, 2.75) is 18.8 Å². The fourth-order valence-electron chi connectivity index (χ4n) is 2.48. The molecule has 1 aliphatic heterocycles. The van der Waals surface area contributed by atoms with E-state index in [0.29, 0.717) is 18.5 Å². The van der Waals surface area contributed by atoms with Gasteiger partial charge in [0.05, 0.1) is 23.2 Å². The number of hydrogen-bond acceptors (Lipinski definition) is 4. The second-order valence-electron chi connectivity index (χ2n) is 4.80. The minimum absolute atomic E-state index is 0.206. The van der Waals surface area contributed by atoms with Gasteiger partial charge in [-0.15, -0.1) is 0 Å². The van der Waals surface area contributed by atoms with E-state index in [-0.39, 0.29) is 17.4 Å². The topological polar surface area (TPSA) is 77.5 Å². The number of nitrogens with two attached hydrogens (primary N) is 1. The van der Waals surface area contributed by atoms with Gasteiger partial charge in [-0.2, -0.15) is 0 Å². The molecule has 0 amide bonds. The Morgan fingerprint density at radius 1 is 1.28 bits per heavy atom. The molecule has 96 valence electrons. The van der Waals surface area contributed by atoms with Gasteiger partial charge in [-0.1, -0.05) is 0 Å². The second-order valence-corrected chi connectivity index (χ2v) is 7.10. The van der Waals surface area contributed by atoms with Crippen molar-refractivity contribution < 1.29 is 8.42 Å².